The van der Waals surface area contributed by atoms with Crippen LogP contribution in [0.5, 0.6) is 0 Å². The number of nitrogens with one attached hydrogen (secondary N) is 2. The van der Waals surface area contributed by atoms with E-state index in [2.05, 4.69) is 15.6 Å². The van der Waals surface area contributed by atoms with E-state index >= 15 is 0 Å². The summed E-state index contributed by atoms with van der Waals surface area (Å²) < 4.78 is 13.9. The molecule has 0 spiro atoms. The number of nitrogens with two attached hydrogens (primary N) is 1. The number of rotatable bonds is 8. The van der Waals surface area contributed by atoms with Gasteiger partial charge in [0.15, 0.2) is 0 Å². The van der Waals surface area contributed by atoms with E-state index in [1.165, 1.54) is 13.0 Å². The number of aromatic nitrogens is 1. The third kappa shape index (κ3) is 6.11. The highest BCUT2D eigenvalue weighted by molar-refractivity contribution is 6.01. The predicted octanol–water partition coefficient (Wildman–Crippen LogP) is 2.71. The second kappa shape index (κ2) is 11.1. The molecule has 36 heavy (non-hydrogen) atoms. The van der Waals surface area contributed by atoms with Gasteiger partial charge in [0.25, 0.3) is 5.91 Å². The van der Waals surface area contributed by atoms with Crippen molar-refractivity contribution in [2.45, 2.75) is 44.8 Å². The van der Waals surface area contributed by atoms with Crippen LogP contribution in [-0.4, -0.2) is 34.8 Å². The van der Waals surface area contributed by atoms with Crippen molar-refractivity contribution in [1.82, 2.24) is 10.3 Å². The molecule has 2 aromatic carbocycles. The fraction of sp³-hybridized carbons (Fsp3) is 0.259. The van der Waals surface area contributed by atoms with E-state index in [-0.39, 0.29) is 42.9 Å². The number of amides is 3. The molecule has 4 rings (SSSR count). The normalized spacial score (nSPS) is 15.7. The first kappa shape index (κ1) is 25.0. The Hall–Kier alpha value is -4.11. The number of halogens is 1. The monoisotopic (exact) mass is 489 g/mol. The van der Waals surface area contributed by atoms with Crippen LogP contribution < -0.4 is 21.3 Å². The summed E-state index contributed by atoms with van der Waals surface area (Å²) in [6, 6.07) is 15.8. The standard InChI is InChI=1S/C27H28FN5O3/c1-17(34)31-22-10-8-18(9-11-22)16-33-26-20(6-4-12-30-26)14-24(27(33)36)32-25(35)15-21(29)13-19-5-2-3-7-23(19)28/h2-12,21,24H,13-16,29H2,1H3,(H,31,34)(H,32,35)/t21-,24?/m1/s1. The fourth-order valence-corrected chi connectivity index (χ4v) is 4.29. The maximum Gasteiger partial charge on any atom is 0.251 e. The molecule has 3 amide bonds. The zero-order valence-electron chi connectivity index (χ0n) is 19.9. The molecular weight excluding hydrogens is 461 g/mol. The van der Waals surface area contributed by atoms with Gasteiger partial charge in [-0.2, -0.15) is 0 Å². The summed E-state index contributed by atoms with van der Waals surface area (Å²) in [6.45, 7) is 1.69. The van der Waals surface area contributed by atoms with Crippen molar-refractivity contribution in [1.29, 1.82) is 0 Å². The first-order chi connectivity index (χ1) is 17.3. The molecule has 1 aliphatic heterocycles. The average Bonchev–Trinajstić information content (AvgIpc) is 2.84. The van der Waals surface area contributed by atoms with Crippen LogP contribution in [0, 0.1) is 5.82 Å². The highest BCUT2D eigenvalue weighted by Crippen LogP contribution is 2.27. The summed E-state index contributed by atoms with van der Waals surface area (Å²) in [7, 11) is 0. The quantitative estimate of drug-likeness (QED) is 0.450. The van der Waals surface area contributed by atoms with E-state index in [1.54, 1.807) is 47.5 Å². The maximum atomic E-state index is 13.9. The van der Waals surface area contributed by atoms with Gasteiger partial charge in [0.2, 0.25) is 11.8 Å². The first-order valence-corrected chi connectivity index (χ1v) is 11.7. The summed E-state index contributed by atoms with van der Waals surface area (Å²) in [5.41, 5.74) is 8.89. The van der Waals surface area contributed by atoms with Crippen LogP contribution in [0.2, 0.25) is 0 Å². The lowest BCUT2D eigenvalue weighted by atomic mass is 9.98. The van der Waals surface area contributed by atoms with Gasteiger partial charge in [-0.05, 0) is 47.4 Å². The molecule has 2 atom stereocenters. The molecule has 1 unspecified atom stereocenters. The molecule has 8 nitrogen and oxygen atoms in total. The van der Waals surface area contributed by atoms with Crippen molar-refractivity contribution >= 4 is 29.2 Å². The Bertz CT molecular complexity index is 1260. The molecule has 0 radical (unpaired) electrons. The van der Waals surface area contributed by atoms with Gasteiger partial charge in [0, 0.05) is 37.7 Å². The number of fused-ring (bicyclic) bond motifs is 1. The van der Waals surface area contributed by atoms with Gasteiger partial charge in [0.05, 0.1) is 6.54 Å². The van der Waals surface area contributed by atoms with E-state index in [1.807, 2.05) is 18.2 Å². The smallest absolute Gasteiger partial charge is 0.251 e. The van der Waals surface area contributed by atoms with Gasteiger partial charge in [-0.1, -0.05) is 36.4 Å². The van der Waals surface area contributed by atoms with E-state index in [0.717, 1.165) is 11.1 Å². The van der Waals surface area contributed by atoms with Crippen molar-refractivity contribution < 1.29 is 18.8 Å². The Morgan fingerprint density at radius 1 is 1.14 bits per heavy atom. The Balaban J connectivity index is 1.44. The molecule has 9 heteroatoms. The third-order valence-electron chi connectivity index (χ3n) is 5.95. The molecule has 1 aliphatic rings. The SMILES string of the molecule is CC(=O)Nc1ccc(CN2C(=O)C(NC(=O)C[C@H](N)Cc3ccccc3F)Cc3cccnc32)cc1. The molecule has 0 saturated carbocycles. The number of anilines is 2. The number of hydrogen-bond donors (Lipinski definition) is 3. The number of pyridine rings is 1. The van der Waals surface area contributed by atoms with Crippen LogP contribution >= 0.6 is 0 Å². The van der Waals surface area contributed by atoms with Crippen molar-refractivity contribution in [3.05, 3.63) is 89.4 Å². The largest absolute Gasteiger partial charge is 0.344 e. The second-order valence-corrected chi connectivity index (χ2v) is 8.87. The number of carbonyl (C=O) groups excluding carboxylic acids is 3. The molecule has 1 aromatic heterocycles. The number of hydrogen-bond acceptors (Lipinski definition) is 5. The molecule has 0 saturated heterocycles. The van der Waals surface area contributed by atoms with Crippen LogP contribution in [0.15, 0.2) is 66.9 Å². The zero-order chi connectivity index (χ0) is 25.7. The molecule has 186 valence electrons. The molecule has 3 aromatic rings. The van der Waals surface area contributed by atoms with Crippen molar-refractivity contribution in [3.8, 4) is 0 Å². The van der Waals surface area contributed by atoms with Crippen LogP contribution in [0.1, 0.15) is 30.0 Å². The minimum absolute atomic E-state index is 0.0391. The highest BCUT2D eigenvalue weighted by Gasteiger charge is 2.34. The summed E-state index contributed by atoms with van der Waals surface area (Å²) in [5.74, 6) is -0.623. The molecule has 0 bridgehead atoms. The lowest BCUT2D eigenvalue weighted by molar-refractivity contribution is -0.128. The Labute approximate surface area is 208 Å². The van der Waals surface area contributed by atoms with Crippen LogP contribution in [-0.2, 0) is 33.8 Å². The van der Waals surface area contributed by atoms with Crippen molar-refractivity contribution in [2.24, 2.45) is 5.73 Å². The summed E-state index contributed by atoms with van der Waals surface area (Å²) >= 11 is 0. The molecule has 0 aliphatic carbocycles. The topological polar surface area (TPSA) is 117 Å². The van der Waals surface area contributed by atoms with Gasteiger partial charge >= 0.3 is 0 Å². The molecule has 0 fully saturated rings. The number of nitrogens with zero attached hydrogens (tertiary/aromatic N) is 2. The van der Waals surface area contributed by atoms with Crippen molar-refractivity contribution in [3.63, 3.8) is 0 Å². The summed E-state index contributed by atoms with van der Waals surface area (Å²) in [4.78, 5) is 43.3. The van der Waals surface area contributed by atoms with Gasteiger partial charge in [0.1, 0.15) is 17.7 Å². The minimum Gasteiger partial charge on any atom is -0.344 e. The molecular formula is C27H28FN5O3. The fourth-order valence-electron chi connectivity index (χ4n) is 4.29. The van der Waals surface area contributed by atoms with E-state index in [4.69, 9.17) is 5.73 Å². The average molecular weight is 490 g/mol. The van der Waals surface area contributed by atoms with E-state index < -0.39 is 12.1 Å². The van der Waals surface area contributed by atoms with E-state index in [0.29, 0.717) is 23.5 Å². The van der Waals surface area contributed by atoms with E-state index in [9.17, 15) is 18.8 Å². The Kier molecular flexibility index (Phi) is 7.70. The van der Waals surface area contributed by atoms with Gasteiger partial charge < -0.3 is 16.4 Å². The molecule has 4 N–H and O–H groups in total. The van der Waals surface area contributed by atoms with Crippen molar-refractivity contribution in [2.75, 3.05) is 10.2 Å². The van der Waals surface area contributed by atoms with Crippen LogP contribution in [0.3, 0.4) is 0 Å². The summed E-state index contributed by atoms with van der Waals surface area (Å²) in [5, 5.41) is 5.52. The first-order valence-electron chi connectivity index (χ1n) is 11.7. The third-order valence-corrected chi connectivity index (χ3v) is 5.95. The Morgan fingerprint density at radius 3 is 2.61 bits per heavy atom. The predicted molar refractivity (Wildman–Crippen MR) is 135 cm³/mol. The van der Waals surface area contributed by atoms with Gasteiger partial charge in [-0.3, -0.25) is 19.3 Å². The summed E-state index contributed by atoms with van der Waals surface area (Å²) in [6.07, 6.45) is 2.11. The highest BCUT2D eigenvalue weighted by atomic mass is 19.1. The minimum atomic E-state index is -0.770. The van der Waals surface area contributed by atoms with Gasteiger partial charge in [-0.15, -0.1) is 0 Å². The number of carbonyl (C=O) groups is 3. The molecule has 2 heterocycles. The lowest BCUT2D eigenvalue weighted by Crippen LogP contribution is -2.53. The van der Waals surface area contributed by atoms with Gasteiger partial charge in [-0.25, -0.2) is 9.37 Å². The number of benzene rings is 2. The van der Waals surface area contributed by atoms with Crippen LogP contribution in [0.4, 0.5) is 15.9 Å². The Morgan fingerprint density at radius 2 is 1.89 bits per heavy atom. The van der Waals surface area contributed by atoms with Crippen LogP contribution in [0.25, 0.3) is 0 Å². The zero-order valence-corrected chi connectivity index (χ0v) is 19.9. The lowest BCUT2D eigenvalue weighted by Gasteiger charge is -2.33. The maximum absolute atomic E-state index is 13.9. The second-order valence-electron chi connectivity index (χ2n) is 8.87.